The SMILES string of the molecule is O=Cc1cccc(C2=CC3CCCC(C2)N3C(=O)OCC2c3ccccc3-c3ccccc32)c1. The molecular formula is C30H27NO3. The largest absolute Gasteiger partial charge is 0.448 e. The number of rotatable bonds is 4. The molecule has 2 aliphatic heterocycles. The lowest BCUT2D eigenvalue weighted by Crippen LogP contribution is -2.51. The summed E-state index contributed by atoms with van der Waals surface area (Å²) in [4.78, 5) is 26.6. The highest BCUT2D eigenvalue weighted by Crippen LogP contribution is 2.45. The van der Waals surface area contributed by atoms with Crippen molar-refractivity contribution in [2.45, 2.75) is 43.7 Å². The highest BCUT2D eigenvalue weighted by molar-refractivity contribution is 5.81. The maximum absolute atomic E-state index is 13.4. The van der Waals surface area contributed by atoms with Crippen molar-refractivity contribution in [3.05, 3.63) is 101 Å². The standard InChI is InChI=1S/C30H27NO3/c32-18-20-7-5-8-21(15-20)22-16-23-9-6-10-24(17-22)31(23)30(33)34-19-29-27-13-3-1-11-25(27)26-12-2-4-14-28(26)29/h1-5,7-8,11-16,18,23-24,29H,6,9-10,17,19H2. The van der Waals surface area contributed by atoms with Crippen molar-refractivity contribution < 1.29 is 14.3 Å². The summed E-state index contributed by atoms with van der Waals surface area (Å²) in [6.45, 7) is 0.348. The Morgan fingerprint density at radius 1 is 0.941 bits per heavy atom. The van der Waals surface area contributed by atoms with E-state index in [0.717, 1.165) is 37.5 Å². The van der Waals surface area contributed by atoms with Crippen molar-refractivity contribution in [3.8, 4) is 11.1 Å². The number of amides is 1. The van der Waals surface area contributed by atoms with Crippen LogP contribution in [0, 0.1) is 0 Å². The van der Waals surface area contributed by atoms with E-state index in [1.165, 1.54) is 27.8 Å². The minimum atomic E-state index is -0.214. The monoisotopic (exact) mass is 449 g/mol. The van der Waals surface area contributed by atoms with Crippen LogP contribution in [0.3, 0.4) is 0 Å². The van der Waals surface area contributed by atoms with Gasteiger partial charge < -0.3 is 4.74 Å². The number of benzene rings is 3. The van der Waals surface area contributed by atoms with Crippen LogP contribution in [0.15, 0.2) is 78.9 Å². The predicted octanol–water partition coefficient (Wildman–Crippen LogP) is 6.46. The molecular weight excluding hydrogens is 422 g/mol. The highest BCUT2D eigenvalue weighted by Gasteiger charge is 2.39. The van der Waals surface area contributed by atoms with E-state index in [1.807, 2.05) is 23.1 Å². The average Bonchev–Trinajstić information content (AvgIpc) is 3.20. The molecule has 0 spiro atoms. The minimum Gasteiger partial charge on any atom is -0.448 e. The van der Waals surface area contributed by atoms with E-state index in [0.29, 0.717) is 12.2 Å². The van der Waals surface area contributed by atoms with Crippen LogP contribution in [0.1, 0.15) is 58.6 Å². The number of piperidine rings is 1. The zero-order valence-corrected chi connectivity index (χ0v) is 19.0. The second-order valence-corrected chi connectivity index (χ2v) is 9.50. The molecule has 2 unspecified atom stereocenters. The molecule has 0 aromatic heterocycles. The molecule has 2 atom stereocenters. The Hall–Kier alpha value is -3.66. The fraction of sp³-hybridized carbons (Fsp3) is 0.267. The van der Waals surface area contributed by atoms with Crippen molar-refractivity contribution in [3.63, 3.8) is 0 Å². The van der Waals surface area contributed by atoms with Crippen LogP contribution in [0.25, 0.3) is 16.7 Å². The molecule has 1 fully saturated rings. The Morgan fingerprint density at radius 3 is 2.38 bits per heavy atom. The topological polar surface area (TPSA) is 46.6 Å². The molecule has 4 heteroatoms. The predicted molar refractivity (Wildman–Crippen MR) is 133 cm³/mol. The van der Waals surface area contributed by atoms with E-state index >= 15 is 0 Å². The smallest absolute Gasteiger partial charge is 0.410 e. The maximum atomic E-state index is 13.4. The van der Waals surface area contributed by atoms with Crippen molar-refractivity contribution in [1.29, 1.82) is 0 Å². The van der Waals surface area contributed by atoms with Gasteiger partial charge in [-0.1, -0.05) is 72.8 Å². The summed E-state index contributed by atoms with van der Waals surface area (Å²) >= 11 is 0. The van der Waals surface area contributed by atoms with Crippen LogP contribution in [-0.4, -0.2) is 36.0 Å². The van der Waals surface area contributed by atoms with Crippen LogP contribution >= 0.6 is 0 Å². The molecule has 170 valence electrons. The molecule has 2 heterocycles. The van der Waals surface area contributed by atoms with Gasteiger partial charge in [0.05, 0.1) is 6.04 Å². The normalized spacial score (nSPS) is 20.8. The van der Waals surface area contributed by atoms with Crippen molar-refractivity contribution in [1.82, 2.24) is 4.90 Å². The zero-order chi connectivity index (χ0) is 23.1. The summed E-state index contributed by atoms with van der Waals surface area (Å²) in [5, 5.41) is 0. The number of hydrogen-bond acceptors (Lipinski definition) is 3. The first-order chi connectivity index (χ1) is 16.7. The lowest BCUT2D eigenvalue weighted by molar-refractivity contribution is 0.0539. The van der Waals surface area contributed by atoms with Gasteiger partial charge in [0.25, 0.3) is 0 Å². The molecule has 4 nitrogen and oxygen atoms in total. The lowest BCUT2D eigenvalue weighted by atomic mass is 9.83. The number of aldehydes is 1. The molecule has 1 saturated heterocycles. The Kier molecular flexibility index (Phi) is 5.29. The van der Waals surface area contributed by atoms with Gasteiger partial charge in [0.15, 0.2) is 0 Å². The molecule has 0 radical (unpaired) electrons. The Balaban J connectivity index is 1.22. The number of nitrogens with zero attached hydrogens (tertiary/aromatic N) is 1. The molecule has 6 rings (SSSR count). The van der Waals surface area contributed by atoms with Crippen molar-refractivity contribution in [2.75, 3.05) is 6.61 Å². The first-order valence-corrected chi connectivity index (χ1v) is 12.1. The lowest BCUT2D eigenvalue weighted by Gasteiger charge is -2.44. The fourth-order valence-electron chi connectivity index (χ4n) is 6.01. The summed E-state index contributed by atoms with van der Waals surface area (Å²) in [7, 11) is 0. The second-order valence-electron chi connectivity index (χ2n) is 9.50. The minimum absolute atomic E-state index is 0.0398. The number of ether oxygens (including phenoxy) is 1. The quantitative estimate of drug-likeness (QED) is 0.430. The highest BCUT2D eigenvalue weighted by atomic mass is 16.6. The van der Waals surface area contributed by atoms with Gasteiger partial charge in [0.1, 0.15) is 12.9 Å². The molecule has 1 aliphatic carbocycles. The van der Waals surface area contributed by atoms with Gasteiger partial charge in [-0.05, 0) is 65.1 Å². The number of hydrogen-bond donors (Lipinski definition) is 0. The third-order valence-electron chi connectivity index (χ3n) is 7.58. The van der Waals surface area contributed by atoms with E-state index in [2.05, 4.69) is 60.7 Å². The Labute approximate surface area is 199 Å². The first kappa shape index (κ1) is 20.9. The zero-order valence-electron chi connectivity index (χ0n) is 19.0. The number of carbonyl (C=O) groups excluding carboxylic acids is 2. The molecule has 0 saturated carbocycles. The summed E-state index contributed by atoms with van der Waals surface area (Å²) in [5.41, 5.74) is 7.91. The molecule has 3 aliphatic rings. The summed E-state index contributed by atoms with van der Waals surface area (Å²) in [5.74, 6) is 0.0677. The van der Waals surface area contributed by atoms with Crippen LogP contribution in [0.4, 0.5) is 4.79 Å². The van der Waals surface area contributed by atoms with E-state index in [4.69, 9.17) is 4.74 Å². The molecule has 34 heavy (non-hydrogen) atoms. The molecule has 0 N–H and O–H groups in total. The van der Waals surface area contributed by atoms with Gasteiger partial charge in [-0.25, -0.2) is 4.79 Å². The average molecular weight is 450 g/mol. The summed E-state index contributed by atoms with van der Waals surface area (Å²) in [6, 6.07) is 24.7. The van der Waals surface area contributed by atoms with Crippen LogP contribution in [-0.2, 0) is 4.74 Å². The Bertz CT molecular complexity index is 1250. The van der Waals surface area contributed by atoms with E-state index in [-0.39, 0.29) is 24.1 Å². The first-order valence-electron chi connectivity index (χ1n) is 12.1. The van der Waals surface area contributed by atoms with Crippen LogP contribution in [0.2, 0.25) is 0 Å². The number of carbonyl (C=O) groups is 2. The third kappa shape index (κ3) is 3.54. The summed E-state index contributed by atoms with van der Waals surface area (Å²) < 4.78 is 6.00. The van der Waals surface area contributed by atoms with Gasteiger partial charge >= 0.3 is 6.09 Å². The third-order valence-corrected chi connectivity index (χ3v) is 7.58. The van der Waals surface area contributed by atoms with Gasteiger partial charge in [-0.2, -0.15) is 0 Å². The number of fused-ring (bicyclic) bond motifs is 5. The molecule has 1 amide bonds. The van der Waals surface area contributed by atoms with Crippen molar-refractivity contribution in [2.24, 2.45) is 0 Å². The second kappa shape index (κ2) is 8.60. The van der Waals surface area contributed by atoms with E-state index in [1.54, 1.807) is 0 Å². The van der Waals surface area contributed by atoms with E-state index in [9.17, 15) is 9.59 Å². The summed E-state index contributed by atoms with van der Waals surface area (Å²) in [6.07, 6.45) is 6.71. The Morgan fingerprint density at radius 2 is 1.68 bits per heavy atom. The maximum Gasteiger partial charge on any atom is 0.410 e. The molecule has 3 aromatic rings. The van der Waals surface area contributed by atoms with Gasteiger partial charge in [-0.15, -0.1) is 0 Å². The molecule has 3 aromatic carbocycles. The fourth-order valence-corrected chi connectivity index (χ4v) is 6.01. The van der Waals surface area contributed by atoms with Crippen LogP contribution in [0.5, 0.6) is 0 Å². The van der Waals surface area contributed by atoms with Crippen LogP contribution < -0.4 is 0 Å². The van der Waals surface area contributed by atoms with Crippen molar-refractivity contribution >= 4 is 18.0 Å². The van der Waals surface area contributed by atoms with Gasteiger partial charge in [0, 0.05) is 17.5 Å². The van der Waals surface area contributed by atoms with E-state index < -0.39 is 0 Å². The van der Waals surface area contributed by atoms with Gasteiger partial charge in [0.2, 0.25) is 0 Å². The molecule has 2 bridgehead atoms. The van der Waals surface area contributed by atoms with Gasteiger partial charge in [-0.3, -0.25) is 9.69 Å².